The fourth-order valence-electron chi connectivity index (χ4n) is 1.64. The molecule has 0 aliphatic rings. The van der Waals surface area contributed by atoms with Gasteiger partial charge in [-0.05, 0) is 23.6 Å². The van der Waals surface area contributed by atoms with Crippen LogP contribution in [0, 0.1) is 0 Å². The Morgan fingerprint density at radius 3 is 2.82 bits per heavy atom. The maximum absolute atomic E-state index is 11.3. The zero-order chi connectivity index (χ0) is 12.7. The molecule has 0 unspecified atom stereocenters. The van der Waals surface area contributed by atoms with E-state index in [0.29, 0.717) is 19.5 Å². The Bertz CT molecular complexity index is 378. The second-order valence-electron chi connectivity index (χ2n) is 3.82. The van der Waals surface area contributed by atoms with Crippen LogP contribution in [-0.4, -0.2) is 19.6 Å². The van der Waals surface area contributed by atoms with Crippen LogP contribution in [0.15, 0.2) is 18.2 Å². The molecule has 0 bridgehead atoms. The van der Waals surface area contributed by atoms with Gasteiger partial charge >= 0.3 is 0 Å². The topological polar surface area (TPSA) is 64.4 Å². The maximum Gasteiger partial charge on any atom is 0.221 e. The van der Waals surface area contributed by atoms with Crippen LogP contribution in [0.2, 0.25) is 0 Å². The summed E-state index contributed by atoms with van der Waals surface area (Å²) in [4.78, 5) is 11.3. The summed E-state index contributed by atoms with van der Waals surface area (Å²) < 4.78 is 5.25. The molecule has 94 valence electrons. The Labute approximate surface area is 102 Å². The molecular weight excluding hydrogens is 216 g/mol. The second kappa shape index (κ2) is 6.91. The first-order valence-corrected chi connectivity index (χ1v) is 5.83. The molecule has 0 radical (unpaired) electrons. The van der Waals surface area contributed by atoms with Crippen LogP contribution in [0.4, 0.5) is 0 Å². The van der Waals surface area contributed by atoms with Crippen LogP contribution in [0.3, 0.4) is 0 Å². The molecule has 0 saturated heterocycles. The van der Waals surface area contributed by atoms with Crippen molar-refractivity contribution < 1.29 is 9.53 Å². The molecule has 1 aromatic carbocycles. The SMILES string of the molecule is CCc1cc(CNC(=O)CCN)ccc1OC. The fraction of sp³-hybridized carbons (Fsp3) is 0.462. The van der Waals surface area contributed by atoms with Gasteiger partial charge in [-0.3, -0.25) is 4.79 Å². The summed E-state index contributed by atoms with van der Waals surface area (Å²) in [6.07, 6.45) is 1.28. The molecule has 0 heterocycles. The molecule has 1 rings (SSSR count). The number of aryl methyl sites for hydroxylation is 1. The first-order chi connectivity index (χ1) is 8.21. The Morgan fingerprint density at radius 2 is 2.24 bits per heavy atom. The fourth-order valence-corrected chi connectivity index (χ4v) is 1.64. The highest BCUT2D eigenvalue weighted by atomic mass is 16.5. The molecule has 3 N–H and O–H groups in total. The van der Waals surface area contributed by atoms with Crippen molar-refractivity contribution in [2.75, 3.05) is 13.7 Å². The normalized spacial score (nSPS) is 10.1. The number of benzene rings is 1. The van der Waals surface area contributed by atoms with E-state index < -0.39 is 0 Å². The van der Waals surface area contributed by atoms with E-state index in [2.05, 4.69) is 18.3 Å². The molecule has 1 amide bonds. The van der Waals surface area contributed by atoms with Gasteiger partial charge in [-0.1, -0.05) is 19.1 Å². The zero-order valence-corrected chi connectivity index (χ0v) is 10.5. The van der Waals surface area contributed by atoms with E-state index in [1.54, 1.807) is 7.11 Å². The Kier molecular flexibility index (Phi) is 5.49. The highest BCUT2D eigenvalue weighted by Gasteiger charge is 2.04. The van der Waals surface area contributed by atoms with Crippen molar-refractivity contribution in [3.63, 3.8) is 0 Å². The summed E-state index contributed by atoms with van der Waals surface area (Å²) in [6, 6.07) is 5.95. The van der Waals surface area contributed by atoms with Gasteiger partial charge in [0.2, 0.25) is 5.91 Å². The van der Waals surface area contributed by atoms with Gasteiger partial charge in [0.15, 0.2) is 0 Å². The van der Waals surface area contributed by atoms with Crippen molar-refractivity contribution in [1.82, 2.24) is 5.32 Å². The average molecular weight is 236 g/mol. The van der Waals surface area contributed by atoms with E-state index in [1.807, 2.05) is 12.1 Å². The summed E-state index contributed by atoms with van der Waals surface area (Å²) in [7, 11) is 1.66. The molecule has 0 atom stereocenters. The van der Waals surface area contributed by atoms with Crippen molar-refractivity contribution in [2.45, 2.75) is 26.3 Å². The van der Waals surface area contributed by atoms with E-state index in [4.69, 9.17) is 10.5 Å². The van der Waals surface area contributed by atoms with Crippen molar-refractivity contribution >= 4 is 5.91 Å². The molecule has 0 fully saturated rings. The minimum absolute atomic E-state index is 0.0126. The summed E-state index contributed by atoms with van der Waals surface area (Å²) in [5, 5.41) is 2.83. The number of nitrogens with one attached hydrogen (secondary N) is 1. The quantitative estimate of drug-likeness (QED) is 0.780. The molecule has 4 heteroatoms. The third-order valence-corrected chi connectivity index (χ3v) is 2.59. The number of hydrogen-bond donors (Lipinski definition) is 2. The number of carbonyl (C=O) groups excluding carboxylic acids is 1. The van der Waals surface area contributed by atoms with Gasteiger partial charge < -0.3 is 15.8 Å². The summed E-state index contributed by atoms with van der Waals surface area (Å²) >= 11 is 0. The van der Waals surface area contributed by atoms with Gasteiger partial charge in [0.05, 0.1) is 7.11 Å². The molecule has 1 aromatic rings. The van der Waals surface area contributed by atoms with Crippen LogP contribution >= 0.6 is 0 Å². The van der Waals surface area contributed by atoms with Gasteiger partial charge in [0, 0.05) is 19.5 Å². The largest absolute Gasteiger partial charge is 0.496 e. The molecular formula is C13H20N2O2. The van der Waals surface area contributed by atoms with Crippen molar-refractivity contribution in [1.29, 1.82) is 0 Å². The number of carbonyl (C=O) groups is 1. The minimum atomic E-state index is -0.0126. The minimum Gasteiger partial charge on any atom is -0.496 e. The lowest BCUT2D eigenvalue weighted by molar-refractivity contribution is -0.121. The van der Waals surface area contributed by atoms with Crippen LogP contribution in [0.5, 0.6) is 5.75 Å². The third kappa shape index (κ3) is 4.07. The van der Waals surface area contributed by atoms with E-state index >= 15 is 0 Å². The van der Waals surface area contributed by atoms with Gasteiger partial charge in [-0.25, -0.2) is 0 Å². The third-order valence-electron chi connectivity index (χ3n) is 2.59. The van der Waals surface area contributed by atoms with E-state index in [-0.39, 0.29) is 5.91 Å². The highest BCUT2D eigenvalue weighted by Crippen LogP contribution is 2.20. The predicted molar refractivity (Wildman–Crippen MR) is 67.9 cm³/mol. The monoisotopic (exact) mass is 236 g/mol. The summed E-state index contributed by atoms with van der Waals surface area (Å²) in [5.41, 5.74) is 7.53. The van der Waals surface area contributed by atoms with Gasteiger partial charge in [0.25, 0.3) is 0 Å². The Morgan fingerprint density at radius 1 is 1.47 bits per heavy atom. The number of methoxy groups -OCH3 is 1. The summed E-state index contributed by atoms with van der Waals surface area (Å²) in [5.74, 6) is 0.880. The number of rotatable bonds is 6. The molecule has 0 aliphatic heterocycles. The van der Waals surface area contributed by atoms with Crippen molar-refractivity contribution in [3.8, 4) is 5.75 Å². The van der Waals surface area contributed by atoms with Crippen molar-refractivity contribution in [2.24, 2.45) is 5.73 Å². The number of ether oxygens (including phenoxy) is 1. The number of amides is 1. The average Bonchev–Trinajstić information content (AvgIpc) is 2.36. The van der Waals surface area contributed by atoms with Gasteiger partial charge in [-0.15, -0.1) is 0 Å². The van der Waals surface area contributed by atoms with Crippen LogP contribution in [-0.2, 0) is 17.8 Å². The summed E-state index contributed by atoms with van der Waals surface area (Å²) in [6.45, 7) is 3.00. The lowest BCUT2D eigenvalue weighted by Gasteiger charge is -2.10. The van der Waals surface area contributed by atoms with Gasteiger partial charge in [-0.2, -0.15) is 0 Å². The first-order valence-electron chi connectivity index (χ1n) is 5.83. The van der Waals surface area contributed by atoms with Gasteiger partial charge in [0.1, 0.15) is 5.75 Å². The lowest BCUT2D eigenvalue weighted by Crippen LogP contribution is -2.25. The molecule has 0 saturated carbocycles. The van der Waals surface area contributed by atoms with Crippen LogP contribution in [0.25, 0.3) is 0 Å². The lowest BCUT2D eigenvalue weighted by atomic mass is 10.1. The molecule has 0 aromatic heterocycles. The van der Waals surface area contributed by atoms with E-state index in [1.165, 1.54) is 0 Å². The molecule has 0 spiro atoms. The maximum atomic E-state index is 11.3. The Hall–Kier alpha value is -1.55. The smallest absolute Gasteiger partial charge is 0.221 e. The standard InChI is InChI=1S/C13H20N2O2/c1-3-11-8-10(4-5-12(11)17-2)9-15-13(16)6-7-14/h4-5,8H,3,6-7,9,14H2,1-2H3,(H,15,16). The van der Waals surface area contributed by atoms with Crippen molar-refractivity contribution in [3.05, 3.63) is 29.3 Å². The predicted octanol–water partition coefficient (Wildman–Crippen LogP) is 1.22. The Balaban J connectivity index is 2.63. The first kappa shape index (κ1) is 13.5. The van der Waals surface area contributed by atoms with Crippen LogP contribution < -0.4 is 15.8 Å². The van der Waals surface area contributed by atoms with E-state index in [9.17, 15) is 4.79 Å². The van der Waals surface area contributed by atoms with Crippen LogP contribution in [0.1, 0.15) is 24.5 Å². The number of nitrogens with two attached hydrogens (primary N) is 1. The molecule has 4 nitrogen and oxygen atoms in total. The van der Waals surface area contributed by atoms with E-state index in [0.717, 1.165) is 23.3 Å². The highest BCUT2D eigenvalue weighted by molar-refractivity contribution is 5.76. The second-order valence-corrected chi connectivity index (χ2v) is 3.82. The number of hydrogen-bond acceptors (Lipinski definition) is 3. The zero-order valence-electron chi connectivity index (χ0n) is 10.5. The molecule has 0 aliphatic carbocycles. The molecule has 17 heavy (non-hydrogen) atoms.